The lowest BCUT2D eigenvalue weighted by molar-refractivity contribution is 0.0956. The van der Waals surface area contributed by atoms with Crippen molar-refractivity contribution >= 4 is 0 Å². The van der Waals surface area contributed by atoms with Crippen LogP contribution < -0.4 is 5.32 Å². The third-order valence-corrected chi connectivity index (χ3v) is 5.59. The molecule has 0 heterocycles. The van der Waals surface area contributed by atoms with E-state index in [0.29, 0.717) is 0 Å². The van der Waals surface area contributed by atoms with E-state index >= 15 is 0 Å². The van der Waals surface area contributed by atoms with Crippen LogP contribution in [0.3, 0.4) is 0 Å². The quantitative estimate of drug-likeness (QED) is 0.819. The average molecular weight is 266 g/mol. The Morgan fingerprint density at radius 1 is 1.11 bits per heavy atom. The highest BCUT2D eigenvalue weighted by Gasteiger charge is 2.35. The van der Waals surface area contributed by atoms with Crippen LogP contribution in [0.2, 0.25) is 0 Å². The van der Waals surface area contributed by atoms with Gasteiger partial charge in [-0.15, -0.1) is 0 Å². The van der Waals surface area contributed by atoms with Gasteiger partial charge in [0, 0.05) is 18.6 Å². The van der Waals surface area contributed by atoms with Crippen molar-refractivity contribution in [1.82, 2.24) is 10.2 Å². The van der Waals surface area contributed by atoms with Crippen molar-refractivity contribution in [2.75, 3.05) is 20.1 Å². The van der Waals surface area contributed by atoms with Crippen LogP contribution in [0.25, 0.3) is 0 Å². The molecule has 4 unspecified atom stereocenters. The third kappa shape index (κ3) is 3.95. The fourth-order valence-corrected chi connectivity index (χ4v) is 4.54. The van der Waals surface area contributed by atoms with E-state index in [4.69, 9.17) is 0 Å². The maximum atomic E-state index is 3.76. The predicted octanol–water partition coefficient (Wildman–Crippen LogP) is 3.52. The molecule has 2 rings (SSSR count). The molecule has 112 valence electrons. The summed E-state index contributed by atoms with van der Waals surface area (Å²) in [6.07, 6.45) is 8.55. The van der Waals surface area contributed by atoms with Crippen molar-refractivity contribution in [3.05, 3.63) is 0 Å². The van der Waals surface area contributed by atoms with Gasteiger partial charge in [0.05, 0.1) is 0 Å². The van der Waals surface area contributed by atoms with Crippen LogP contribution >= 0.6 is 0 Å². The van der Waals surface area contributed by atoms with E-state index in [0.717, 1.165) is 36.4 Å². The molecular formula is C17H34N2. The number of rotatable bonds is 5. The molecule has 1 N–H and O–H groups in total. The first-order chi connectivity index (χ1) is 9.11. The predicted molar refractivity (Wildman–Crippen MR) is 83.4 cm³/mol. The Morgan fingerprint density at radius 2 is 1.79 bits per heavy atom. The van der Waals surface area contributed by atoms with E-state index in [-0.39, 0.29) is 0 Å². The Bertz CT molecular complexity index is 260. The second-order valence-electron chi connectivity index (χ2n) is 7.26. The van der Waals surface area contributed by atoms with Crippen LogP contribution in [-0.4, -0.2) is 37.1 Å². The fraction of sp³-hybridized carbons (Fsp3) is 1.00. The van der Waals surface area contributed by atoms with Crippen LogP contribution in [-0.2, 0) is 0 Å². The van der Waals surface area contributed by atoms with Gasteiger partial charge in [0.2, 0.25) is 0 Å². The van der Waals surface area contributed by atoms with Crippen molar-refractivity contribution in [3.63, 3.8) is 0 Å². The minimum absolute atomic E-state index is 0.743. The van der Waals surface area contributed by atoms with E-state index in [9.17, 15) is 0 Å². The molecule has 0 aromatic carbocycles. The molecule has 0 radical (unpaired) electrons. The molecule has 0 aromatic rings. The largest absolute Gasteiger partial charge is 0.314 e. The van der Waals surface area contributed by atoms with Gasteiger partial charge in [-0.3, -0.25) is 0 Å². The molecule has 0 aromatic heterocycles. The van der Waals surface area contributed by atoms with E-state index in [2.05, 4.69) is 38.0 Å². The van der Waals surface area contributed by atoms with Crippen molar-refractivity contribution in [3.8, 4) is 0 Å². The molecule has 2 heteroatoms. The van der Waals surface area contributed by atoms with Crippen LogP contribution in [0.15, 0.2) is 0 Å². The molecular weight excluding hydrogens is 232 g/mol. The minimum atomic E-state index is 0.743. The molecule has 2 nitrogen and oxygen atoms in total. The lowest BCUT2D eigenvalue weighted by atomic mass is 9.72. The topological polar surface area (TPSA) is 15.3 Å². The molecule has 0 amide bonds. The summed E-state index contributed by atoms with van der Waals surface area (Å²) >= 11 is 0. The van der Waals surface area contributed by atoms with Gasteiger partial charge in [0.15, 0.2) is 0 Å². The first-order valence-electron chi connectivity index (χ1n) is 8.55. The molecule has 2 saturated carbocycles. The highest BCUT2D eigenvalue weighted by molar-refractivity contribution is 4.90. The summed E-state index contributed by atoms with van der Waals surface area (Å²) in [5.41, 5.74) is 0. The summed E-state index contributed by atoms with van der Waals surface area (Å²) in [6.45, 7) is 9.58. The molecule has 0 aliphatic heterocycles. The highest BCUT2D eigenvalue weighted by atomic mass is 15.1. The molecule has 2 aliphatic carbocycles. The smallest absolute Gasteiger partial charge is 0.0112 e. The van der Waals surface area contributed by atoms with E-state index in [1.54, 1.807) is 0 Å². The zero-order chi connectivity index (χ0) is 13.8. The number of hydrogen-bond acceptors (Lipinski definition) is 2. The van der Waals surface area contributed by atoms with Gasteiger partial charge >= 0.3 is 0 Å². The summed E-state index contributed by atoms with van der Waals surface area (Å²) in [6, 6.07) is 1.61. The van der Waals surface area contributed by atoms with E-state index in [1.165, 1.54) is 45.1 Å². The normalized spacial score (nSPS) is 37.1. The van der Waals surface area contributed by atoms with Crippen molar-refractivity contribution in [1.29, 1.82) is 0 Å². The fourth-order valence-electron chi connectivity index (χ4n) is 4.54. The van der Waals surface area contributed by atoms with Gasteiger partial charge < -0.3 is 10.2 Å². The van der Waals surface area contributed by atoms with Crippen molar-refractivity contribution < 1.29 is 0 Å². The number of hydrogen-bond donors (Lipinski definition) is 1. The number of nitrogens with one attached hydrogen (secondary N) is 1. The first kappa shape index (κ1) is 15.3. The van der Waals surface area contributed by atoms with Crippen LogP contribution in [0, 0.1) is 17.8 Å². The van der Waals surface area contributed by atoms with Gasteiger partial charge in [0.1, 0.15) is 0 Å². The van der Waals surface area contributed by atoms with Gasteiger partial charge in [-0.25, -0.2) is 0 Å². The summed E-state index contributed by atoms with van der Waals surface area (Å²) in [4.78, 5) is 2.68. The van der Waals surface area contributed by atoms with Crippen molar-refractivity contribution in [2.45, 2.75) is 71.4 Å². The standard InChI is InChI=1S/C17H34N2/c1-5-18-17-11-13(2)10-14(3)16(17)12-19(4)15-8-6-7-9-15/h13-18H,5-12H2,1-4H3. The van der Waals surface area contributed by atoms with Gasteiger partial charge in [-0.05, 0) is 57.0 Å². The number of nitrogens with zero attached hydrogens (tertiary/aromatic N) is 1. The van der Waals surface area contributed by atoms with E-state index in [1.807, 2.05) is 0 Å². The molecule has 4 atom stereocenters. The van der Waals surface area contributed by atoms with Crippen LogP contribution in [0.5, 0.6) is 0 Å². The lowest BCUT2D eigenvalue weighted by Gasteiger charge is -2.42. The summed E-state index contributed by atoms with van der Waals surface area (Å²) in [5, 5.41) is 3.76. The van der Waals surface area contributed by atoms with Gasteiger partial charge in [0.25, 0.3) is 0 Å². The lowest BCUT2D eigenvalue weighted by Crippen LogP contribution is -2.49. The van der Waals surface area contributed by atoms with E-state index < -0.39 is 0 Å². The molecule has 0 saturated heterocycles. The average Bonchev–Trinajstić information content (AvgIpc) is 2.87. The summed E-state index contributed by atoms with van der Waals surface area (Å²) in [5.74, 6) is 2.62. The monoisotopic (exact) mass is 266 g/mol. The maximum Gasteiger partial charge on any atom is 0.0112 e. The zero-order valence-corrected chi connectivity index (χ0v) is 13.5. The second kappa shape index (κ2) is 7.08. The van der Waals surface area contributed by atoms with Crippen LogP contribution in [0.4, 0.5) is 0 Å². The van der Waals surface area contributed by atoms with Gasteiger partial charge in [-0.1, -0.05) is 33.6 Å². The Kier molecular flexibility index (Phi) is 5.70. The summed E-state index contributed by atoms with van der Waals surface area (Å²) < 4.78 is 0. The molecule has 0 spiro atoms. The Morgan fingerprint density at radius 3 is 2.42 bits per heavy atom. The van der Waals surface area contributed by atoms with Crippen LogP contribution in [0.1, 0.15) is 59.3 Å². The SMILES string of the molecule is CCNC1CC(C)CC(C)C1CN(C)C1CCCC1. The molecule has 19 heavy (non-hydrogen) atoms. The Balaban J connectivity index is 1.93. The minimum Gasteiger partial charge on any atom is -0.314 e. The maximum absolute atomic E-state index is 3.76. The zero-order valence-electron chi connectivity index (χ0n) is 13.5. The molecule has 0 bridgehead atoms. The highest BCUT2D eigenvalue weighted by Crippen LogP contribution is 2.35. The second-order valence-corrected chi connectivity index (χ2v) is 7.26. The summed E-state index contributed by atoms with van der Waals surface area (Å²) in [7, 11) is 2.36. The Labute approximate surface area is 120 Å². The Hall–Kier alpha value is -0.0800. The first-order valence-corrected chi connectivity index (χ1v) is 8.55. The van der Waals surface area contributed by atoms with Crippen molar-refractivity contribution in [2.24, 2.45) is 17.8 Å². The third-order valence-electron chi connectivity index (χ3n) is 5.59. The molecule has 2 fully saturated rings. The van der Waals surface area contributed by atoms with Gasteiger partial charge in [-0.2, -0.15) is 0 Å². The molecule has 2 aliphatic rings.